The topological polar surface area (TPSA) is 29.1 Å². The van der Waals surface area contributed by atoms with Gasteiger partial charge in [0.25, 0.3) is 5.91 Å². The first kappa shape index (κ1) is 18.0. The average molecular weight is 376 g/mol. The van der Waals surface area contributed by atoms with Gasteiger partial charge in [-0.2, -0.15) is 0 Å². The van der Waals surface area contributed by atoms with E-state index in [1.807, 2.05) is 0 Å². The van der Waals surface area contributed by atoms with E-state index < -0.39 is 11.7 Å². The summed E-state index contributed by atoms with van der Waals surface area (Å²) in [6.07, 6.45) is 0.746. The molecule has 0 fully saturated rings. The maximum absolute atomic E-state index is 13.7. The van der Waals surface area contributed by atoms with Crippen molar-refractivity contribution in [2.45, 2.75) is 11.3 Å². The summed E-state index contributed by atoms with van der Waals surface area (Å²) in [4.78, 5) is 12.6. The third kappa shape index (κ3) is 5.09. The highest BCUT2D eigenvalue weighted by atomic mass is 35.5. The molecule has 0 bridgehead atoms. The summed E-state index contributed by atoms with van der Waals surface area (Å²) in [5.74, 6) is -0.207. The minimum atomic E-state index is -0.565. The van der Waals surface area contributed by atoms with Gasteiger partial charge in [0, 0.05) is 22.0 Å². The average Bonchev–Trinajstić information content (AvgIpc) is 2.53. The highest BCUT2D eigenvalue weighted by molar-refractivity contribution is 7.99. The Balaban J connectivity index is 2.12. The van der Waals surface area contributed by atoms with Crippen molar-refractivity contribution in [3.8, 4) is 0 Å². The molecule has 0 saturated carbocycles. The minimum Gasteiger partial charge on any atom is -0.322 e. The van der Waals surface area contributed by atoms with Gasteiger partial charge in [-0.1, -0.05) is 11.6 Å². The van der Waals surface area contributed by atoms with Crippen LogP contribution in [0.4, 0.5) is 14.5 Å². The highest BCUT2D eigenvalue weighted by Crippen LogP contribution is 2.25. The van der Waals surface area contributed by atoms with Gasteiger partial charge in [0.15, 0.2) is 0 Å². The molecule has 0 aliphatic carbocycles. The molecule has 122 valence electrons. The quantitative estimate of drug-likeness (QED) is 0.404. The number of hydrogen-bond donors (Lipinski definition) is 1. The first-order valence-corrected chi connectivity index (χ1v) is 8.66. The normalized spacial score (nSPS) is 10.6. The van der Waals surface area contributed by atoms with Crippen LogP contribution in [0.25, 0.3) is 0 Å². The zero-order valence-electron chi connectivity index (χ0n) is 11.9. The van der Waals surface area contributed by atoms with E-state index in [1.165, 1.54) is 42.1 Å². The van der Waals surface area contributed by atoms with E-state index in [0.717, 1.165) is 12.5 Å². The molecule has 0 radical (unpaired) electrons. The predicted octanol–water partition coefficient (Wildman–Crippen LogP) is 5.59. The number of carbonyl (C=O) groups excluding carboxylic acids is 1. The molecule has 0 spiro atoms. The van der Waals surface area contributed by atoms with Gasteiger partial charge in [0.2, 0.25) is 0 Å². The molecule has 2 aromatic carbocycles. The van der Waals surface area contributed by atoms with E-state index >= 15 is 0 Å². The van der Waals surface area contributed by atoms with Crippen LogP contribution in [0.3, 0.4) is 0 Å². The van der Waals surface area contributed by atoms with E-state index in [4.69, 9.17) is 23.2 Å². The van der Waals surface area contributed by atoms with Gasteiger partial charge >= 0.3 is 0 Å². The molecule has 0 aromatic heterocycles. The van der Waals surface area contributed by atoms with Crippen LogP contribution in [0.2, 0.25) is 5.02 Å². The van der Waals surface area contributed by atoms with Gasteiger partial charge in [0.1, 0.15) is 11.6 Å². The van der Waals surface area contributed by atoms with Gasteiger partial charge in [-0.3, -0.25) is 4.79 Å². The number of amides is 1. The summed E-state index contributed by atoms with van der Waals surface area (Å²) < 4.78 is 26.8. The molecule has 0 aliphatic rings. The first-order chi connectivity index (χ1) is 11.0. The number of halogens is 4. The van der Waals surface area contributed by atoms with Crippen molar-refractivity contribution in [3.05, 3.63) is 58.6 Å². The number of thioether (sulfide) groups is 1. The maximum atomic E-state index is 13.7. The third-order valence-corrected chi connectivity index (χ3v) is 4.58. The van der Waals surface area contributed by atoms with Crippen LogP contribution in [0.5, 0.6) is 0 Å². The van der Waals surface area contributed by atoms with Crippen LogP contribution in [0.1, 0.15) is 16.8 Å². The highest BCUT2D eigenvalue weighted by Gasteiger charge is 2.11. The Bertz CT molecular complexity index is 712. The lowest BCUT2D eigenvalue weighted by molar-refractivity contribution is 0.102. The summed E-state index contributed by atoms with van der Waals surface area (Å²) in [6.45, 7) is 0. The van der Waals surface area contributed by atoms with Gasteiger partial charge in [-0.05, 0) is 48.6 Å². The van der Waals surface area contributed by atoms with Crippen LogP contribution in [0.15, 0.2) is 41.3 Å². The Kier molecular flexibility index (Phi) is 6.69. The molecule has 0 saturated heterocycles. The van der Waals surface area contributed by atoms with Crippen molar-refractivity contribution in [1.82, 2.24) is 0 Å². The summed E-state index contributed by atoms with van der Waals surface area (Å²) in [5.41, 5.74) is 0.669. The first-order valence-electron chi connectivity index (χ1n) is 6.76. The summed E-state index contributed by atoms with van der Waals surface area (Å²) in [7, 11) is 0. The zero-order valence-corrected chi connectivity index (χ0v) is 14.2. The number of alkyl halides is 1. The summed E-state index contributed by atoms with van der Waals surface area (Å²) in [5, 5.41) is 2.51. The lowest BCUT2D eigenvalue weighted by Gasteiger charge is -2.08. The molecule has 0 unspecified atom stereocenters. The minimum absolute atomic E-state index is 0.0841. The van der Waals surface area contributed by atoms with Crippen LogP contribution in [0, 0.1) is 11.6 Å². The maximum Gasteiger partial charge on any atom is 0.255 e. The lowest BCUT2D eigenvalue weighted by atomic mass is 10.2. The van der Waals surface area contributed by atoms with Gasteiger partial charge in [-0.15, -0.1) is 23.4 Å². The lowest BCUT2D eigenvalue weighted by Crippen LogP contribution is -2.12. The van der Waals surface area contributed by atoms with Crippen molar-refractivity contribution in [2.24, 2.45) is 0 Å². The van der Waals surface area contributed by atoms with Crippen molar-refractivity contribution in [3.63, 3.8) is 0 Å². The SMILES string of the molecule is O=C(Nc1ccc(F)c(Cl)c1)c1ccc(F)c(SCCCCl)c1. The molecule has 7 heteroatoms. The summed E-state index contributed by atoms with van der Waals surface area (Å²) >= 11 is 12.6. The van der Waals surface area contributed by atoms with E-state index in [9.17, 15) is 13.6 Å². The second-order valence-electron chi connectivity index (χ2n) is 4.62. The van der Waals surface area contributed by atoms with Gasteiger partial charge in [0.05, 0.1) is 5.02 Å². The molecule has 0 atom stereocenters. The Morgan fingerprint density at radius 1 is 1.13 bits per heavy atom. The molecule has 1 amide bonds. The molecular formula is C16H13Cl2F2NOS. The number of carbonyl (C=O) groups is 1. The Hall–Kier alpha value is -1.30. The van der Waals surface area contributed by atoms with Crippen LogP contribution >= 0.6 is 35.0 Å². The Morgan fingerprint density at radius 2 is 1.87 bits per heavy atom. The van der Waals surface area contributed by atoms with Crippen LogP contribution in [-0.2, 0) is 0 Å². The number of anilines is 1. The fourth-order valence-electron chi connectivity index (χ4n) is 1.77. The van der Waals surface area contributed by atoms with Crippen LogP contribution < -0.4 is 5.32 Å². The number of hydrogen-bond acceptors (Lipinski definition) is 2. The Labute approximate surface area is 147 Å². The van der Waals surface area contributed by atoms with Gasteiger partial charge < -0.3 is 5.32 Å². The third-order valence-electron chi connectivity index (χ3n) is 2.91. The second kappa shape index (κ2) is 8.52. The fourth-order valence-corrected chi connectivity index (χ4v) is 3.17. The summed E-state index contributed by atoms with van der Waals surface area (Å²) in [6, 6.07) is 7.99. The van der Waals surface area contributed by atoms with Crippen molar-refractivity contribution < 1.29 is 13.6 Å². The van der Waals surface area contributed by atoms with E-state index in [2.05, 4.69) is 5.32 Å². The smallest absolute Gasteiger partial charge is 0.255 e. The zero-order chi connectivity index (χ0) is 16.8. The molecule has 1 N–H and O–H groups in total. The Morgan fingerprint density at radius 3 is 2.57 bits per heavy atom. The standard InChI is InChI=1S/C16H13Cl2F2NOS/c17-6-1-7-23-15-8-10(2-4-14(15)20)16(22)21-11-3-5-13(19)12(18)9-11/h2-5,8-9H,1,6-7H2,(H,21,22). The molecular weight excluding hydrogens is 363 g/mol. The van der Waals surface area contributed by atoms with E-state index in [-0.39, 0.29) is 10.8 Å². The number of rotatable bonds is 6. The van der Waals surface area contributed by atoms with Crippen molar-refractivity contribution >= 4 is 46.6 Å². The monoisotopic (exact) mass is 375 g/mol. The number of benzene rings is 2. The van der Waals surface area contributed by atoms with Crippen molar-refractivity contribution in [2.75, 3.05) is 16.9 Å². The fraction of sp³-hybridized carbons (Fsp3) is 0.188. The largest absolute Gasteiger partial charge is 0.322 e. The van der Waals surface area contributed by atoms with E-state index in [0.29, 0.717) is 27.8 Å². The molecule has 0 heterocycles. The molecule has 2 aromatic rings. The number of nitrogens with one attached hydrogen (secondary N) is 1. The molecule has 2 nitrogen and oxygen atoms in total. The molecule has 23 heavy (non-hydrogen) atoms. The predicted molar refractivity (Wildman–Crippen MR) is 91.8 cm³/mol. The van der Waals surface area contributed by atoms with Gasteiger partial charge in [-0.25, -0.2) is 8.78 Å². The molecule has 2 rings (SSSR count). The van der Waals surface area contributed by atoms with E-state index in [1.54, 1.807) is 0 Å². The van der Waals surface area contributed by atoms with Crippen molar-refractivity contribution in [1.29, 1.82) is 0 Å². The molecule has 0 aliphatic heterocycles. The van der Waals surface area contributed by atoms with Crippen LogP contribution in [-0.4, -0.2) is 17.5 Å². The second-order valence-corrected chi connectivity index (χ2v) is 6.54.